The Kier molecular flexibility index (Phi) is 5.82. The monoisotopic (exact) mass is 215 g/mol. The molecule has 0 aliphatic heterocycles. The molecule has 2 heteroatoms. The fraction of sp³-hybridized carbons (Fsp3) is 1.00. The molecular formula is C13H29NO. The third-order valence-electron chi connectivity index (χ3n) is 3.39. The van der Waals surface area contributed by atoms with Gasteiger partial charge < -0.3 is 10.1 Å². The van der Waals surface area contributed by atoms with E-state index in [1.54, 1.807) is 7.11 Å². The van der Waals surface area contributed by atoms with E-state index < -0.39 is 0 Å². The van der Waals surface area contributed by atoms with Crippen LogP contribution in [0.3, 0.4) is 0 Å². The minimum atomic E-state index is -0.00201. The van der Waals surface area contributed by atoms with Crippen LogP contribution in [0.1, 0.15) is 48.0 Å². The molecule has 0 heterocycles. The molecule has 0 fully saturated rings. The molecule has 0 aromatic rings. The second-order valence-corrected chi connectivity index (χ2v) is 6.19. The number of ether oxygens (including phenoxy) is 1. The molecule has 2 nitrogen and oxygen atoms in total. The Bertz CT molecular complexity index is 170. The highest BCUT2D eigenvalue weighted by Crippen LogP contribution is 2.24. The molecule has 0 amide bonds. The van der Waals surface area contributed by atoms with Crippen LogP contribution in [-0.4, -0.2) is 25.8 Å². The van der Waals surface area contributed by atoms with Crippen LogP contribution >= 0.6 is 0 Å². The lowest BCUT2D eigenvalue weighted by molar-refractivity contribution is 0.0155. The SMILES string of the molecule is COC(C)(C)CCNCC(C)C(C)(C)C. The average Bonchev–Trinajstić information content (AvgIpc) is 2.10. The zero-order valence-corrected chi connectivity index (χ0v) is 11.6. The fourth-order valence-corrected chi connectivity index (χ4v) is 1.12. The first-order valence-electron chi connectivity index (χ1n) is 5.95. The molecule has 0 aromatic carbocycles. The molecule has 0 rings (SSSR count). The van der Waals surface area contributed by atoms with Crippen molar-refractivity contribution < 1.29 is 4.74 Å². The Morgan fingerprint density at radius 2 is 1.67 bits per heavy atom. The first kappa shape index (κ1) is 14.9. The maximum atomic E-state index is 5.37. The maximum Gasteiger partial charge on any atom is 0.0634 e. The lowest BCUT2D eigenvalue weighted by Gasteiger charge is -2.28. The second-order valence-electron chi connectivity index (χ2n) is 6.19. The quantitative estimate of drug-likeness (QED) is 0.688. The van der Waals surface area contributed by atoms with Gasteiger partial charge in [-0.25, -0.2) is 0 Å². The van der Waals surface area contributed by atoms with Crippen molar-refractivity contribution in [1.29, 1.82) is 0 Å². The van der Waals surface area contributed by atoms with E-state index >= 15 is 0 Å². The molecular weight excluding hydrogens is 186 g/mol. The van der Waals surface area contributed by atoms with Crippen molar-refractivity contribution in [3.63, 3.8) is 0 Å². The molecule has 92 valence electrons. The highest BCUT2D eigenvalue weighted by Gasteiger charge is 2.20. The van der Waals surface area contributed by atoms with Crippen LogP contribution in [0, 0.1) is 11.3 Å². The van der Waals surface area contributed by atoms with Crippen LogP contribution in [0.5, 0.6) is 0 Å². The number of hydrogen-bond donors (Lipinski definition) is 1. The minimum Gasteiger partial charge on any atom is -0.379 e. The summed E-state index contributed by atoms with van der Waals surface area (Å²) < 4.78 is 5.37. The Labute approximate surface area is 95.8 Å². The van der Waals surface area contributed by atoms with Crippen molar-refractivity contribution in [2.45, 2.75) is 53.6 Å². The summed E-state index contributed by atoms with van der Waals surface area (Å²) in [5.41, 5.74) is 0.391. The van der Waals surface area contributed by atoms with E-state index in [0.29, 0.717) is 11.3 Å². The Hall–Kier alpha value is -0.0800. The van der Waals surface area contributed by atoms with Crippen molar-refractivity contribution in [2.75, 3.05) is 20.2 Å². The van der Waals surface area contributed by atoms with Crippen LogP contribution in [0.2, 0.25) is 0 Å². The highest BCUT2D eigenvalue weighted by atomic mass is 16.5. The van der Waals surface area contributed by atoms with Gasteiger partial charge in [0.1, 0.15) is 0 Å². The van der Waals surface area contributed by atoms with E-state index in [0.717, 1.165) is 19.5 Å². The van der Waals surface area contributed by atoms with E-state index in [1.807, 2.05) is 0 Å². The number of rotatable bonds is 6. The molecule has 1 N–H and O–H groups in total. The zero-order chi connectivity index (χ0) is 12.1. The summed E-state index contributed by atoms with van der Waals surface area (Å²) in [4.78, 5) is 0. The van der Waals surface area contributed by atoms with Crippen molar-refractivity contribution in [3.05, 3.63) is 0 Å². The lowest BCUT2D eigenvalue weighted by Crippen LogP contribution is -2.34. The molecule has 0 bridgehead atoms. The topological polar surface area (TPSA) is 21.3 Å². The number of methoxy groups -OCH3 is 1. The van der Waals surface area contributed by atoms with Crippen LogP contribution in [0.25, 0.3) is 0 Å². The van der Waals surface area contributed by atoms with Gasteiger partial charge >= 0.3 is 0 Å². The third kappa shape index (κ3) is 6.91. The Morgan fingerprint density at radius 1 is 1.13 bits per heavy atom. The Morgan fingerprint density at radius 3 is 2.07 bits per heavy atom. The summed E-state index contributed by atoms with van der Waals surface area (Å²) in [6.07, 6.45) is 1.06. The van der Waals surface area contributed by atoms with Crippen LogP contribution in [0.15, 0.2) is 0 Å². The average molecular weight is 215 g/mol. The fourth-order valence-electron chi connectivity index (χ4n) is 1.12. The molecule has 0 spiro atoms. The van der Waals surface area contributed by atoms with Gasteiger partial charge in [-0.2, -0.15) is 0 Å². The predicted octanol–water partition coefficient (Wildman–Crippen LogP) is 3.07. The van der Waals surface area contributed by atoms with Gasteiger partial charge in [-0.1, -0.05) is 27.7 Å². The van der Waals surface area contributed by atoms with Crippen LogP contribution in [0.4, 0.5) is 0 Å². The van der Waals surface area contributed by atoms with E-state index in [-0.39, 0.29) is 5.60 Å². The Balaban J connectivity index is 3.64. The first-order valence-corrected chi connectivity index (χ1v) is 5.95. The van der Waals surface area contributed by atoms with Gasteiger partial charge in [0, 0.05) is 7.11 Å². The summed E-state index contributed by atoms with van der Waals surface area (Å²) in [6, 6.07) is 0. The summed E-state index contributed by atoms with van der Waals surface area (Å²) in [5, 5.41) is 3.50. The number of hydrogen-bond acceptors (Lipinski definition) is 2. The summed E-state index contributed by atoms with van der Waals surface area (Å²) >= 11 is 0. The van der Waals surface area contributed by atoms with Crippen molar-refractivity contribution in [2.24, 2.45) is 11.3 Å². The van der Waals surface area contributed by atoms with Gasteiger partial charge in [-0.3, -0.25) is 0 Å². The molecule has 1 atom stereocenters. The van der Waals surface area contributed by atoms with Crippen molar-refractivity contribution in [1.82, 2.24) is 5.32 Å². The largest absolute Gasteiger partial charge is 0.379 e. The van der Waals surface area contributed by atoms with E-state index in [1.165, 1.54) is 0 Å². The summed E-state index contributed by atoms with van der Waals surface area (Å²) in [5.74, 6) is 0.697. The first-order chi connectivity index (χ1) is 6.69. The predicted molar refractivity (Wildman–Crippen MR) is 67.2 cm³/mol. The molecule has 15 heavy (non-hydrogen) atoms. The third-order valence-corrected chi connectivity index (χ3v) is 3.39. The van der Waals surface area contributed by atoms with Gasteiger partial charge in [0.05, 0.1) is 5.60 Å². The molecule has 0 aromatic heterocycles. The van der Waals surface area contributed by atoms with E-state index in [2.05, 4.69) is 46.9 Å². The van der Waals surface area contributed by atoms with Crippen LogP contribution in [-0.2, 0) is 4.74 Å². The second kappa shape index (κ2) is 5.86. The summed E-state index contributed by atoms with van der Waals surface area (Å²) in [7, 11) is 1.78. The van der Waals surface area contributed by atoms with Gasteiger partial charge in [0.25, 0.3) is 0 Å². The van der Waals surface area contributed by atoms with Gasteiger partial charge in [0.15, 0.2) is 0 Å². The smallest absolute Gasteiger partial charge is 0.0634 e. The zero-order valence-electron chi connectivity index (χ0n) is 11.6. The van der Waals surface area contributed by atoms with Gasteiger partial charge in [0.2, 0.25) is 0 Å². The number of nitrogens with one attached hydrogen (secondary N) is 1. The van der Waals surface area contributed by atoms with E-state index in [4.69, 9.17) is 4.74 Å². The highest BCUT2D eigenvalue weighted by molar-refractivity contribution is 4.73. The van der Waals surface area contributed by atoms with Crippen molar-refractivity contribution >= 4 is 0 Å². The van der Waals surface area contributed by atoms with Crippen molar-refractivity contribution in [3.8, 4) is 0 Å². The minimum absolute atomic E-state index is 0.00201. The molecule has 0 saturated heterocycles. The van der Waals surface area contributed by atoms with Gasteiger partial charge in [-0.15, -0.1) is 0 Å². The molecule has 0 radical (unpaired) electrons. The molecule has 0 saturated carbocycles. The lowest BCUT2D eigenvalue weighted by atomic mass is 9.82. The van der Waals surface area contributed by atoms with Gasteiger partial charge in [-0.05, 0) is 44.7 Å². The maximum absolute atomic E-state index is 5.37. The normalized spacial score (nSPS) is 15.4. The molecule has 0 aliphatic rings. The standard InChI is InChI=1S/C13H29NO/c1-11(12(2,3)4)10-14-9-8-13(5,6)15-7/h11,14H,8-10H2,1-7H3. The molecule has 1 unspecified atom stereocenters. The molecule has 0 aliphatic carbocycles. The van der Waals surface area contributed by atoms with E-state index in [9.17, 15) is 0 Å². The summed E-state index contributed by atoms with van der Waals surface area (Å²) in [6.45, 7) is 15.5. The van der Waals surface area contributed by atoms with Crippen LogP contribution < -0.4 is 5.32 Å².